The molecule has 0 aliphatic carbocycles. The van der Waals surface area contributed by atoms with Crippen LogP contribution >= 0.6 is 0 Å². The van der Waals surface area contributed by atoms with Gasteiger partial charge >= 0.3 is 12.0 Å². The van der Waals surface area contributed by atoms with Crippen LogP contribution in [0.25, 0.3) is 0 Å². The monoisotopic (exact) mass is 326 g/mol. The van der Waals surface area contributed by atoms with Crippen LogP contribution in [0, 0.1) is 0 Å². The number of fused-ring (bicyclic) bond motifs is 1. The zero-order chi connectivity index (χ0) is 17.1. The molecule has 24 heavy (non-hydrogen) atoms. The number of amides is 2. The van der Waals surface area contributed by atoms with Gasteiger partial charge in [-0.2, -0.15) is 0 Å². The third-order valence-electron chi connectivity index (χ3n) is 3.73. The van der Waals surface area contributed by atoms with Gasteiger partial charge in [0, 0.05) is 5.69 Å². The zero-order valence-corrected chi connectivity index (χ0v) is 13.5. The van der Waals surface area contributed by atoms with Crippen molar-refractivity contribution >= 4 is 23.4 Å². The lowest BCUT2D eigenvalue weighted by atomic mass is 10.2. The molecule has 0 fully saturated rings. The van der Waals surface area contributed by atoms with Crippen LogP contribution in [-0.4, -0.2) is 31.8 Å². The van der Waals surface area contributed by atoms with E-state index in [-0.39, 0.29) is 12.1 Å². The average Bonchev–Trinajstić information content (AvgIpc) is 2.60. The Labute approximate surface area is 140 Å². The standard InChI is InChI=1S/C18H18N2O4/c1-12-11-20(15-5-3-4-6-16(15)24-12)18(22)19-14-9-7-13(8-10-14)17(21)23-2/h3-10,12H,11H2,1-2H3,(H,19,22)/t12-/m0/s1. The molecular formula is C18H18N2O4. The van der Waals surface area contributed by atoms with E-state index >= 15 is 0 Å². The van der Waals surface area contributed by atoms with Crippen LogP contribution in [0.4, 0.5) is 16.2 Å². The second kappa shape index (κ2) is 6.62. The number of ether oxygens (including phenoxy) is 2. The fraction of sp³-hybridized carbons (Fsp3) is 0.222. The molecule has 124 valence electrons. The van der Waals surface area contributed by atoms with Crippen LogP contribution in [-0.2, 0) is 4.74 Å². The van der Waals surface area contributed by atoms with Crippen molar-refractivity contribution in [3.63, 3.8) is 0 Å². The minimum Gasteiger partial charge on any atom is -0.487 e. The molecule has 1 aliphatic rings. The highest BCUT2D eigenvalue weighted by Gasteiger charge is 2.27. The number of urea groups is 1. The number of nitrogens with one attached hydrogen (secondary N) is 1. The Hall–Kier alpha value is -3.02. The van der Waals surface area contributed by atoms with Crippen LogP contribution < -0.4 is 15.0 Å². The number of nitrogens with zero attached hydrogens (tertiary/aromatic N) is 1. The molecule has 2 aromatic rings. The van der Waals surface area contributed by atoms with Gasteiger partial charge in [-0.15, -0.1) is 0 Å². The van der Waals surface area contributed by atoms with Gasteiger partial charge in [-0.05, 0) is 43.3 Å². The molecular weight excluding hydrogens is 308 g/mol. The van der Waals surface area contributed by atoms with Crippen molar-refractivity contribution in [2.75, 3.05) is 23.9 Å². The van der Waals surface area contributed by atoms with Crippen molar-refractivity contribution in [3.05, 3.63) is 54.1 Å². The Kier molecular flexibility index (Phi) is 4.37. The lowest BCUT2D eigenvalue weighted by Crippen LogP contribution is -2.44. The fourth-order valence-corrected chi connectivity index (χ4v) is 2.58. The fourth-order valence-electron chi connectivity index (χ4n) is 2.58. The topological polar surface area (TPSA) is 67.9 Å². The molecule has 0 bridgehead atoms. The number of anilines is 2. The first-order valence-electron chi connectivity index (χ1n) is 7.61. The number of para-hydroxylation sites is 2. The van der Waals surface area contributed by atoms with Crippen molar-refractivity contribution in [1.29, 1.82) is 0 Å². The predicted molar refractivity (Wildman–Crippen MR) is 90.7 cm³/mol. The highest BCUT2D eigenvalue weighted by Crippen LogP contribution is 2.33. The van der Waals surface area contributed by atoms with Gasteiger partial charge in [-0.1, -0.05) is 12.1 Å². The summed E-state index contributed by atoms with van der Waals surface area (Å²) in [5.74, 6) is 0.274. The molecule has 2 aromatic carbocycles. The Morgan fingerprint density at radius 1 is 1.17 bits per heavy atom. The number of rotatable bonds is 2. The number of esters is 1. The summed E-state index contributed by atoms with van der Waals surface area (Å²) in [7, 11) is 1.33. The number of hydrogen-bond donors (Lipinski definition) is 1. The first-order chi connectivity index (χ1) is 11.6. The largest absolute Gasteiger partial charge is 0.487 e. The van der Waals surface area contributed by atoms with E-state index in [0.717, 1.165) is 5.69 Å². The molecule has 0 unspecified atom stereocenters. The van der Waals surface area contributed by atoms with Gasteiger partial charge in [0.2, 0.25) is 0 Å². The highest BCUT2D eigenvalue weighted by atomic mass is 16.5. The molecule has 6 heteroatoms. The molecule has 3 rings (SSSR count). The Balaban J connectivity index is 1.77. The maximum absolute atomic E-state index is 12.6. The van der Waals surface area contributed by atoms with Crippen LogP contribution in [0.3, 0.4) is 0 Å². The van der Waals surface area contributed by atoms with E-state index in [1.165, 1.54) is 7.11 Å². The first kappa shape index (κ1) is 15.9. The van der Waals surface area contributed by atoms with E-state index in [0.29, 0.717) is 23.5 Å². The second-order valence-electron chi connectivity index (χ2n) is 5.51. The molecule has 0 aromatic heterocycles. The highest BCUT2D eigenvalue weighted by molar-refractivity contribution is 6.03. The molecule has 1 aliphatic heterocycles. The van der Waals surface area contributed by atoms with Gasteiger partial charge in [-0.3, -0.25) is 4.90 Å². The summed E-state index contributed by atoms with van der Waals surface area (Å²) in [6.45, 7) is 2.38. The summed E-state index contributed by atoms with van der Waals surface area (Å²) in [6.07, 6.45) is -0.0904. The summed E-state index contributed by atoms with van der Waals surface area (Å²) in [4.78, 5) is 25.7. The Morgan fingerprint density at radius 2 is 1.88 bits per heavy atom. The van der Waals surface area contributed by atoms with Gasteiger partial charge < -0.3 is 14.8 Å². The van der Waals surface area contributed by atoms with Crippen molar-refractivity contribution < 1.29 is 19.1 Å². The first-order valence-corrected chi connectivity index (χ1v) is 7.61. The van der Waals surface area contributed by atoms with E-state index < -0.39 is 5.97 Å². The van der Waals surface area contributed by atoms with Crippen molar-refractivity contribution in [3.8, 4) is 5.75 Å². The SMILES string of the molecule is COC(=O)c1ccc(NC(=O)N2C[C@H](C)Oc3ccccc32)cc1. The average molecular weight is 326 g/mol. The zero-order valence-electron chi connectivity index (χ0n) is 13.5. The minimum atomic E-state index is -0.413. The Morgan fingerprint density at radius 3 is 2.58 bits per heavy atom. The lowest BCUT2D eigenvalue weighted by Gasteiger charge is -2.33. The minimum absolute atomic E-state index is 0.0904. The molecule has 0 spiro atoms. The van der Waals surface area contributed by atoms with Gasteiger partial charge in [0.25, 0.3) is 0 Å². The number of carbonyl (C=O) groups is 2. The van der Waals surface area contributed by atoms with E-state index in [1.54, 1.807) is 29.2 Å². The third-order valence-corrected chi connectivity index (χ3v) is 3.73. The van der Waals surface area contributed by atoms with Crippen LogP contribution in [0.2, 0.25) is 0 Å². The predicted octanol–water partition coefficient (Wildman–Crippen LogP) is 3.29. The van der Waals surface area contributed by atoms with E-state index in [9.17, 15) is 9.59 Å². The summed E-state index contributed by atoms with van der Waals surface area (Å²) in [5, 5.41) is 2.84. The van der Waals surface area contributed by atoms with Gasteiger partial charge in [-0.25, -0.2) is 9.59 Å². The van der Waals surface area contributed by atoms with E-state index in [1.807, 2.05) is 31.2 Å². The summed E-state index contributed by atoms with van der Waals surface area (Å²) in [5.41, 5.74) is 1.77. The molecule has 6 nitrogen and oxygen atoms in total. The molecule has 1 heterocycles. The lowest BCUT2D eigenvalue weighted by molar-refractivity contribution is 0.0600. The Bertz CT molecular complexity index is 758. The van der Waals surface area contributed by atoms with E-state index in [2.05, 4.69) is 10.1 Å². The van der Waals surface area contributed by atoms with Gasteiger partial charge in [0.1, 0.15) is 11.9 Å². The van der Waals surface area contributed by atoms with Crippen molar-refractivity contribution in [1.82, 2.24) is 0 Å². The summed E-state index contributed by atoms with van der Waals surface area (Å²) in [6, 6.07) is 13.7. The van der Waals surface area contributed by atoms with Crippen LogP contribution in [0.5, 0.6) is 5.75 Å². The van der Waals surface area contributed by atoms with E-state index in [4.69, 9.17) is 4.74 Å². The maximum Gasteiger partial charge on any atom is 0.337 e. The smallest absolute Gasteiger partial charge is 0.337 e. The summed E-state index contributed by atoms with van der Waals surface area (Å²) < 4.78 is 10.4. The number of carbonyl (C=O) groups excluding carboxylic acids is 2. The second-order valence-corrected chi connectivity index (χ2v) is 5.51. The molecule has 1 atom stereocenters. The quantitative estimate of drug-likeness (QED) is 0.860. The normalized spacial score (nSPS) is 15.9. The molecule has 2 amide bonds. The molecule has 0 radical (unpaired) electrons. The number of hydrogen-bond acceptors (Lipinski definition) is 4. The molecule has 1 N–H and O–H groups in total. The van der Waals surface area contributed by atoms with Gasteiger partial charge in [0.15, 0.2) is 0 Å². The van der Waals surface area contributed by atoms with Crippen LogP contribution in [0.1, 0.15) is 17.3 Å². The van der Waals surface area contributed by atoms with Crippen molar-refractivity contribution in [2.45, 2.75) is 13.0 Å². The van der Waals surface area contributed by atoms with Crippen molar-refractivity contribution in [2.24, 2.45) is 0 Å². The van der Waals surface area contributed by atoms with Gasteiger partial charge in [0.05, 0.1) is 24.9 Å². The number of benzene rings is 2. The van der Waals surface area contributed by atoms with Crippen LogP contribution in [0.15, 0.2) is 48.5 Å². The molecule has 0 saturated carbocycles. The maximum atomic E-state index is 12.6. The summed E-state index contributed by atoms with van der Waals surface area (Å²) >= 11 is 0. The molecule has 0 saturated heterocycles. The third kappa shape index (κ3) is 3.17. The number of methoxy groups -OCH3 is 1.